The Kier molecular flexibility index (Phi) is 3.27. The van der Waals surface area contributed by atoms with E-state index < -0.39 is 5.60 Å². The van der Waals surface area contributed by atoms with Crippen molar-refractivity contribution in [2.24, 2.45) is 17.8 Å². The van der Waals surface area contributed by atoms with Crippen LogP contribution in [0.4, 0.5) is 0 Å². The van der Waals surface area contributed by atoms with Crippen LogP contribution in [-0.2, 0) is 0 Å². The topological polar surface area (TPSA) is 62.2 Å². The summed E-state index contributed by atoms with van der Waals surface area (Å²) in [6, 6.07) is 3.74. The van der Waals surface area contributed by atoms with E-state index in [1.165, 1.54) is 0 Å². The number of aromatic nitrogens is 1. The molecule has 1 amide bonds. The van der Waals surface area contributed by atoms with Gasteiger partial charge in [-0.2, -0.15) is 0 Å². The largest absolute Gasteiger partial charge is 0.390 e. The smallest absolute Gasteiger partial charge is 0.253 e. The maximum Gasteiger partial charge on any atom is 0.253 e. The van der Waals surface area contributed by atoms with E-state index in [9.17, 15) is 9.90 Å². The zero-order valence-electron chi connectivity index (χ0n) is 13.7. The molecule has 0 spiro atoms. The fraction of sp³-hybridized carbons (Fsp3) is 0.684. The summed E-state index contributed by atoms with van der Waals surface area (Å²) in [5, 5.41) is 14.5. The van der Waals surface area contributed by atoms with E-state index in [0.717, 1.165) is 50.6 Å². The van der Waals surface area contributed by atoms with Crippen molar-refractivity contribution >= 4 is 17.5 Å². The summed E-state index contributed by atoms with van der Waals surface area (Å²) in [5.41, 5.74) is 1.09. The molecule has 2 unspecified atom stereocenters. The average Bonchev–Trinajstić information content (AvgIpc) is 3.33. The Balaban J connectivity index is 1.38. The van der Waals surface area contributed by atoms with Crippen LogP contribution in [0.2, 0.25) is 5.15 Å². The van der Waals surface area contributed by atoms with Gasteiger partial charge in [-0.25, -0.2) is 4.98 Å². The molecule has 5 aliphatic rings. The number of rotatable bonds is 3. The number of pyridine rings is 1. The molecule has 5 saturated carbocycles. The SMILES string of the molecule is O=C(NC1C2CC3CC1CC(O)(C3)C2)c1ccc(Cl)nc1C1CC1. The van der Waals surface area contributed by atoms with Crippen LogP contribution in [0.25, 0.3) is 0 Å². The first-order valence-corrected chi connectivity index (χ1v) is 9.58. The third-order valence-electron chi connectivity index (χ3n) is 6.64. The zero-order valence-corrected chi connectivity index (χ0v) is 14.4. The summed E-state index contributed by atoms with van der Waals surface area (Å²) in [6.07, 6.45) is 7.15. The normalized spacial score (nSPS) is 39.9. The molecule has 0 radical (unpaired) electrons. The van der Waals surface area contributed by atoms with Crippen LogP contribution in [-0.4, -0.2) is 27.6 Å². The second-order valence-corrected chi connectivity index (χ2v) is 8.92. The molecule has 24 heavy (non-hydrogen) atoms. The molecule has 5 heteroatoms. The number of amides is 1. The minimum Gasteiger partial charge on any atom is -0.390 e. The first-order chi connectivity index (χ1) is 11.5. The molecule has 5 aliphatic carbocycles. The highest BCUT2D eigenvalue weighted by atomic mass is 35.5. The first-order valence-electron chi connectivity index (χ1n) is 9.20. The lowest BCUT2D eigenvalue weighted by Crippen LogP contribution is -2.61. The van der Waals surface area contributed by atoms with Gasteiger partial charge in [0.2, 0.25) is 0 Å². The molecule has 5 fully saturated rings. The summed E-state index contributed by atoms with van der Waals surface area (Å²) < 4.78 is 0. The molecule has 128 valence electrons. The summed E-state index contributed by atoms with van der Waals surface area (Å²) in [5.74, 6) is 1.89. The van der Waals surface area contributed by atoms with Crippen molar-refractivity contribution in [3.63, 3.8) is 0 Å². The standard InChI is InChI=1S/C19H23ClN2O2/c20-15-4-3-14(17(21-15)11-1-2-11)18(23)22-16-12-5-10-6-13(16)9-19(24,7-10)8-12/h3-4,10-13,16,24H,1-2,5-9H2,(H,22,23). The average molecular weight is 347 g/mol. The predicted octanol–water partition coefficient (Wildman–Crippen LogP) is 3.28. The predicted molar refractivity (Wildman–Crippen MR) is 91.0 cm³/mol. The second-order valence-electron chi connectivity index (χ2n) is 8.53. The fourth-order valence-corrected chi connectivity index (χ4v) is 5.91. The lowest BCUT2D eigenvalue weighted by molar-refractivity contribution is -0.136. The van der Waals surface area contributed by atoms with Crippen LogP contribution in [0.5, 0.6) is 0 Å². The number of aliphatic hydroxyl groups is 1. The maximum absolute atomic E-state index is 12.9. The van der Waals surface area contributed by atoms with Crippen LogP contribution in [0.15, 0.2) is 12.1 Å². The van der Waals surface area contributed by atoms with Crippen molar-refractivity contribution in [3.05, 3.63) is 28.5 Å². The van der Waals surface area contributed by atoms with Gasteiger partial charge in [0.25, 0.3) is 5.91 Å². The molecule has 1 aromatic rings. The molecule has 4 nitrogen and oxygen atoms in total. The van der Waals surface area contributed by atoms with Crippen molar-refractivity contribution in [2.75, 3.05) is 0 Å². The molecular formula is C19H23ClN2O2. The number of halogens is 1. The highest BCUT2D eigenvalue weighted by molar-refractivity contribution is 6.29. The minimum absolute atomic E-state index is 0.00877. The molecular weight excluding hydrogens is 324 g/mol. The van der Waals surface area contributed by atoms with Crippen LogP contribution in [0.1, 0.15) is 66.9 Å². The minimum atomic E-state index is -0.460. The summed E-state index contributed by atoms with van der Waals surface area (Å²) in [6.45, 7) is 0. The van der Waals surface area contributed by atoms with Crippen LogP contribution in [0, 0.1) is 17.8 Å². The van der Waals surface area contributed by atoms with E-state index in [2.05, 4.69) is 10.3 Å². The Morgan fingerprint density at radius 1 is 1.21 bits per heavy atom. The van der Waals surface area contributed by atoms with Gasteiger partial charge in [0.1, 0.15) is 5.15 Å². The molecule has 0 aliphatic heterocycles. The number of carbonyl (C=O) groups is 1. The quantitative estimate of drug-likeness (QED) is 0.825. The molecule has 2 atom stereocenters. The van der Waals surface area contributed by atoms with Crippen molar-refractivity contribution in [3.8, 4) is 0 Å². The highest BCUT2D eigenvalue weighted by Crippen LogP contribution is 2.55. The van der Waals surface area contributed by atoms with Gasteiger partial charge in [-0.05, 0) is 74.8 Å². The summed E-state index contributed by atoms with van der Waals surface area (Å²) in [7, 11) is 0. The van der Waals surface area contributed by atoms with Gasteiger partial charge in [-0.3, -0.25) is 4.79 Å². The number of carbonyl (C=O) groups excluding carboxylic acids is 1. The fourth-order valence-electron chi connectivity index (χ4n) is 5.76. The van der Waals surface area contributed by atoms with Gasteiger partial charge >= 0.3 is 0 Å². The molecule has 4 bridgehead atoms. The van der Waals surface area contributed by atoms with E-state index in [1.54, 1.807) is 6.07 Å². The number of hydrogen-bond acceptors (Lipinski definition) is 3. The monoisotopic (exact) mass is 346 g/mol. The number of hydrogen-bond donors (Lipinski definition) is 2. The second kappa shape index (κ2) is 5.18. The van der Waals surface area contributed by atoms with Crippen molar-refractivity contribution < 1.29 is 9.90 Å². The molecule has 0 aromatic carbocycles. The summed E-state index contributed by atoms with van der Waals surface area (Å²) >= 11 is 6.03. The van der Waals surface area contributed by atoms with Crippen molar-refractivity contribution in [2.45, 2.75) is 62.5 Å². The molecule has 1 heterocycles. The van der Waals surface area contributed by atoms with E-state index in [-0.39, 0.29) is 11.9 Å². The Labute approximate surface area is 147 Å². The Morgan fingerprint density at radius 3 is 2.54 bits per heavy atom. The Hall–Kier alpha value is -1.13. The van der Waals surface area contributed by atoms with Gasteiger partial charge in [-0.15, -0.1) is 0 Å². The van der Waals surface area contributed by atoms with E-state index in [1.807, 2.05) is 6.07 Å². The highest BCUT2D eigenvalue weighted by Gasteiger charge is 2.55. The van der Waals surface area contributed by atoms with E-state index in [4.69, 9.17) is 11.6 Å². The van der Waals surface area contributed by atoms with Crippen LogP contribution >= 0.6 is 11.6 Å². The first kappa shape index (κ1) is 15.2. The van der Waals surface area contributed by atoms with Crippen molar-refractivity contribution in [1.29, 1.82) is 0 Å². The molecule has 1 aromatic heterocycles. The van der Waals surface area contributed by atoms with Gasteiger partial charge in [0.15, 0.2) is 0 Å². The van der Waals surface area contributed by atoms with Gasteiger partial charge < -0.3 is 10.4 Å². The van der Waals surface area contributed by atoms with Crippen LogP contribution < -0.4 is 5.32 Å². The maximum atomic E-state index is 12.9. The zero-order chi connectivity index (χ0) is 16.5. The lowest BCUT2D eigenvalue weighted by Gasteiger charge is -2.58. The van der Waals surface area contributed by atoms with Gasteiger partial charge in [0, 0.05) is 12.0 Å². The number of nitrogens with zero attached hydrogens (tertiary/aromatic N) is 1. The van der Waals surface area contributed by atoms with Crippen LogP contribution in [0.3, 0.4) is 0 Å². The summed E-state index contributed by atoms with van der Waals surface area (Å²) in [4.78, 5) is 17.3. The third-order valence-corrected chi connectivity index (χ3v) is 6.85. The molecule has 2 N–H and O–H groups in total. The third kappa shape index (κ3) is 2.46. The molecule has 6 rings (SSSR count). The van der Waals surface area contributed by atoms with E-state index in [0.29, 0.717) is 34.4 Å². The van der Waals surface area contributed by atoms with Gasteiger partial charge in [0.05, 0.1) is 16.9 Å². The lowest BCUT2D eigenvalue weighted by atomic mass is 9.52. The molecule has 0 saturated heterocycles. The Bertz CT molecular complexity index is 687. The Morgan fingerprint density at radius 2 is 1.92 bits per heavy atom. The van der Waals surface area contributed by atoms with E-state index >= 15 is 0 Å². The number of nitrogens with one attached hydrogen (secondary N) is 1. The van der Waals surface area contributed by atoms with Gasteiger partial charge in [-0.1, -0.05) is 11.6 Å². The van der Waals surface area contributed by atoms with Crippen molar-refractivity contribution in [1.82, 2.24) is 10.3 Å².